The Kier molecular flexibility index (Phi) is 3.93. The van der Waals surface area contributed by atoms with E-state index in [0.29, 0.717) is 35.4 Å². The van der Waals surface area contributed by atoms with Crippen molar-refractivity contribution in [2.45, 2.75) is 17.7 Å². The van der Waals surface area contributed by atoms with Gasteiger partial charge in [-0.05, 0) is 49.6 Å². The normalized spacial score (nSPS) is 20.7. The maximum absolute atomic E-state index is 12.9. The first-order valence-corrected chi connectivity index (χ1v) is 8.61. The van der Waals surface area contributed by atoms with Crippen molar-refractivity contribution < 1.29 is 8.42 Å². The molecule has 0 amide bonds. The van der Waals surface area contributed by atoms with Crippen LogP contribution in [0.5, 0.6) is 0 Å². The number of fused-ring (bicyclic) bond motifs is 1. The van der Waals surface area contributed by atoms with Crippen molar-refractivity contribution in [3.63, 3.8) is 0 Å². The smallest absolute Gasteiger partial charge is 0.243 e. The number of aromatic nitrogens is 1. The largest absolute Gasteiger partial charge is 0.330 e. The van der Waals surface area contributed by atoms with Crippen LogP contribution in [0.4, 0.5) is 0 Å². The lowest BCUT2D eigenvalue weighted by atomic mass is 10.0. The monoisotopic (exact) mass is 305 g/mol. The number of hydrogen-bond donors (Lipinski definition) is 1. The van der Waals surface area contributed by atoms with Gasteiger partial charge in [-0.1, -0.05) is 6.07 Å². The van der Waals surface area contributed by atoms with Gasteiger partial charge in [0.2, 0.25) is 10.0 Å². The van der Waals surface area contributed by atoms with E-state index in [4.69, 9.17) is 5.73 Å². The highest BCUT2D eigenvalue weighted by atomic mass is 32.2. The lowest BCUT2D eigenvalue weighted by molar-refractivity contribution is 0.271. The number of sulfonamides is 1. The molecule has 21 heavy (non-hydrogen) atoms. The predicted molar refractivity (Wildman–Crippen MR) is 82.3 cm³/mol. The molecule has 1 aliphatic heterocycles. The lowest BCUT2D eigenvalue weighted by Crippen LogP contribution is -2.42. The summed E-state index contributed by atoms with van der Waals surface area (Å²) in [6.07, 6.45) is 3.54. The minimum absolute atomic E-state index is 0.252. The first-order chi connectivity index (χ1) is 10.1. The molecular weight excluding hydrogens is 286 g/mol. The number of nitrogens with two attached hydrogens (primary N) is 1. The fourth-order valence-corrected chi connectivity index (χ4v) is 4.63. The van der Waals surface area contributed by atoms with E-state index in [2.05, 4.69) is 4.98 Å². The summed E-state index contributed by atoms with van der Waals surface area (Å²) in [7, 11) is -3.49. The van der Waals surface area contributed by atoms with E-state index in [1.807, 2.05) is 6.07 Å². The highest BCUT2D eigenvalue weighted by Crippen LogP contribution is 2.27. The van der Waals surface area contributed by atoms with Gasteiger partial charge in [-0.3, -0.25) is 4.98 Å². The van der Waals surface area contributed by atoms with Crippen molar-refractivity contribution >= 4 is 20.9 Å². The van der Waals surface area contributed by atoms with Crippen LogP contribution in [-0.2, 0) is 10.0 Å². The third kappa shape index (κ3) is 2.66. The molecule has 0 bridgehead atoms. The second kappa shape index (κ2) is 5.71. The Morgan fingerprint density at radius 3 is 2.95 bits per heavy atom. The molecule has 1 aromatic carbocycles. The van der Waals surface area contributed by atoms with Crippen LogP contribution in [0.15, 0.2) is 41.4 Å². The first-order valence-electron chi connectivity index (χ1n) is 7.17. The van der Waals surface area contributed by atoms with Crippen LogP contribution in [-0.4, -0.2) is 37.3 Å². The maximum Gasteiger partial charge on any atom is 0.243 e. The Labute approximate surface area is 124 Å². The molecule has 2 N–H and O–H groups in total. The highest BCUT2D eigenvalue weighted by Gasteiger charge is 2.30. The van der Waals surface area contributed by atoms with E-state index in [1.165, 1.54) is 0 Å². The van der Waals surface area contributed by atoms with Crippen LogP contribution >= 0.6 is 0 Å². The molecule has 3 rings (SSSR count). The van der Waals surface area contributed by atoms with E-state index in [9.17, 15) is 8.42 Å². The minimum Gasteiger partial charge on any atom is -0.330 e. The van der Waals surface area contributed by atoms with Crippen LogP contribution in [0.2, 0.25) is 0 Å². The first kappa shape index (κ1) is 14.4. The summed E-state index contributed by atoms with van der Waals surface area (Å²) >= 11 is 0. The number of rotatable bonds is 3. The Bertz CT molecular complexity index is 740. The molecule has 5 nitrogen and oxygen atoms in total. The van der Waals surface area contributed by atoms with Gasteiger partial charge in [0.05, 0.1) is 10.4 Å². The average molecular weight is 305 g/mol. The third-order valence-corrected chi connectivity index (χ3v) is 5.96. The summed E-state index contributed by atoms with van der Waals surface area (Å²) in [5, 5.41) is 0.676. The molecule has 1 saturated heterocycles. The van der Waals surface area contributed by atoms with Crippen LogP contribution in [0.3, 0.4) is 0 Å². The second-order valence-corrected chi connectivity index (χ2v) is 7.34. The zero-order chi connectivity index (χ0) is 14.9. The summed E-state index contributed by atoms with van der Waals surface area (Å²) in [4.78, 5) is 4.57. The lowest BCUT2D eigenvalue weighted by Gasteiger charge is -2.31. The molecule has 0 aliphatic carbocycles. The third-order valence-electron chi connectivity index (χ3n) is 4.04. The van der Waals surface area contributed by atoms with Crippen LogP contribution in [0.1, 0.15) is 12.8 Å². The molecule has 0 saturated carbocycles. The Balaban J connectivity index is 2.04. The second-order valence-electron chi connectivity index (χ2n) is 5.43. The zero-order valence-electron chi connectivity index (χ0n) is 11.8. The van der Waals surface area contributed by atoms with Crippen molar-refractivity contribution in [3.8, 4) is 0 Å². The van der Waals surface area contributed by atoms with Crippen LogP contribution < -0.4 is 5.73 Å². The van der Waals surface area contributed by atoms with Gasteiger partial charge >= 0.3 is 0 Å². The molecule has 1 atom stereocenters. The van der Waals surface area contributed by atoms with Crippen molar-refractivity contribution in [3.05, 3.63) is 36.5 Å². The summed E-state index contributed by atoms with van der Waals surface area (Å²) in [5.74, 6) is 0.252. The molecule has 0 radical (unpaired) electrons. The Morgan fingerprint density at radius 1 is 1.29 bits per heavy atom. The molecule has 0 spiro atoms. The molecular formula is C15H19N3O2S. The van der Waals surface area contributed by atoms with Crippen molar-refractivity contribution in [2.24, 2.45) is 11.7 Å². The molecule has 6 heteroatoms. The van der Waals surface area contributed by atoms with Gasteiger partial charge in [-0.2, -0.15) is 4.31 Å². The SMILES string of the molecule is NCC1CCCN(S(=O)(=O)c2cccc3ncccc23)C1. The number of pyridine rings is 1. The molecule has 2 aromatic rings. The summed E-state index contributed by atoms with van der Waals surface area (Å²) in [6.45, 7) is 1.61. The number of benzene rings is 1. The molecule has 2 heterocycles. The van der Waals surface area contributed by atoms with Gasteiger partial charge in [-0.25, -0.2) is 8.42 Å². The van der Waals surface area contributed by atoms with Gasteiger partial charge in [0.1, 0.15) is 0 Å². The van der Waals surface area contributed by atoms with Gasteiger partial charge < -0.3 is 5.73 Å². The molecule has 1 fully saturated rings. The van der Waals surface area contributed by atoms with Crippen LogP contribution in [0.25, 0.3) is 10.9 Å². The van der Waals surface area contributed by atoms with Gasteiger partial charge in [0.25, 0.3) is 0 Å². The van der Waals surface area contributed by atoms with Gasteiger partial charge in [0, 0.05) is 24.7 Å². The van der Waals surface area contributed by atoms with E-state index in [1.54, 1.807) is 34.8 Å². The molecule has 1 aliphatic rings. The summed E-state index contributed by atoms with van der Waals surface area (Å²) < 4.78 is 27.4. The van der Waals surface area contributed by atoms with Crippen molar-refractivity contribution in [2.75, 3.05) is 19.6 Å². The summed E-state index contributed by atoms with van der Waals surface area (Å²) in [5.41, 5.74) is 6.41. The van der Waals surface area contributed by atoms with E-state index >= 15 is 0 Å². The number of nitrogens with zero attached hydrogens (tertiary/aromatic N) is 2. The van der Waals surface area contributed by atoms with E-state index < -0.39 is 10.0 Å². The predicted octanol–water partition coefficient (Wildman–Crippen LogP) is 1.59. The zero-order valence-corrected chi connectivity index (χ0v) is 12.6. The minimum atomic E-state index is -3.49. The van der Waals surface area contributed by atoms with E-state index in [-0.39, 0.29) is 5.92 Å². The Morgan fingerprint density at radius 2 is 2.14 bits per heavy atom. The molecule has 112 valence electrons. The molecule has 1 unspecified atom stereocenters. The molecule has 1 aromatic heterocycles. The van der Waals surface area contributed by atoms with Gasteiger partial charge in [0.15, 0.2) is 0 Å². The standard InChI is InChI=1S/C15H19N3O2S/c16-10-12-4-3-9-18(11-12)21(19,20)15-7-1-6-14-13(15)5-2-8-17-14/h1-2,5-8,12H,3-4,9-11,16H2. The van der Waals surface area contributed by atoms with Crippen molar-refractivity contribution in [1.29, 1.82) is 0 Å². The number of hydrogen-bond acceptors (Lipinski definition) is 4. The topological polar surface area (TPSA) is 76.3 Å². The number of piperidine rings is 1. The fraction of sp³-hybridized carbons (Fsp3) is 0.400. The summed E-state index contributed by atoms with van der Waals surface area (Å²) in [6, 6.07) is 8.80. The maximum atomic E-state index is 12.9. The van der Waals surface area contributed by atoms with Crippen molar-refractivity contribution in [1.82, 2.24) is 9.29 Å². The van der Waals surface area contributed by atoms with Gasteiger partial charge in [-0.15, -0.1) is 0 Å². The Hall–Kier alpha value is -1.50. The average Bonchev–Trinajstić information content (AvgIpc) is 2.54. The highest BCUT2D eigenvalue weighted by molar-refractivity contribution is 7.89. The van der Waals surface area contributed by atoms with Crippen LogP contribution in [0, 0.1) is 5.92 Å². The quantitative estimate of drug-likeness (QED) is 0.934. The van der Waals surface area contributed by atoms with E-state index in [0.717, 1.165) is 12.8 Å². The fourth-order valence-electron chi connectivity index (χ4n) is 2.88.